The number of hydrogen-bond acceptors (Lipinski definition) is 4. The maximum Gasteiger partial charge on any atom is 0.0897 e. The highest BCUT2D eigenvalue weighted by Crippen LogP contribution is 2.36. The molecular formula is C13H27NO3. The normalized spacial score (nSPS) is 25.1. The van der Waals surface area contributed by atoms with Gasteiger partial charge in [0.25, 0.3) is 0 Å². The van der Waals surface area contributed by atoms with Gasteiger partial charge in [-0.1, -0.05) is 20.3 Å². The minimum Gasteiger partial charge on any atom is -0.389 e. The molecule has 0 saturated heterocycles. The fraction of sp³-hybridized carbons (Fsp3) is 1.00. The molecule has 17 heavy (non-hydrogen) atoms. The van der Waals surface area contributed by atoms with Crippen LogP contribution in [0.4, 0.5) is 0 Å². The van der Waals surface area contributed by atoms with Crippen molar-refractivity contribution in [3.63, 3.8) is 0 Å². The van der Waals surface area contributed by atoms with Crippen LogP contribution in [0.5, 0.6) is 0 Å². The molecule has 4 nitrogen and oxygen atoms in total. The summed E-state index contributed by atoms with van der Waals surface area (Å²) in [5, 5.41) is 13.2. The SMILES string of the molecule is COCCOCC(O)CNC1CCCC1(C)C. The third kappa shape index (κ3) is 5.34. The lowest BCUT2D eigenvalue weighted by molar-refractivity contribution is 0.0118. The molecule has 1 aliphatic rings. The maximum absolute atomic E-state index is 9.75. The van der Waals surface area contributed by atoms with Crippen molar-refractivity contribution in [2.24, 2.45) is 5.41 Å². The Morgan fingerprint density at radius 1 is 1.41 bits per heavy atom. The van der Waals surface area contributed by atoms with E-state index in [1.54, 1.807) is 7.11 Å². The monoisotopic (exact) mass is 245 g/mol. The van der Waals surface area contributed by atoms with E-state index in [0.717, 1.165) is 0 Å². The fourth-order valence-electron chi connectivity index (χ4n) is 2.40. The van der Waals surface area contributed by atoms with E-state index in [1.165, 1.54) is 19.3 Å². The van der Waals surface area contributed by atoms with Crippen LogP contribution in [-0.4, -0.2) is 50.7 Å². The molecule has 0 heterocycles. The van der Waals surface area contributed by atoms with Crippen molar-refractivity contribution in [3.8, 4) is 0 Å². The van der Waals surface area contributed by atoms with Gasteiger partial charge >= 0.3 is 0 Å². The van der Waals surface area contributed by atoms with Crippen LogP contribution in [0.15, 0.2) is 0 Å². The first-order valence-corrected chi connectivity index (χ1v) is 6.54. The highest BCUT2D eigenvalue weighted by Gasteiger charge is 2.34. The van der Waals surface area contributed by atoms with Gasteiger partial charge in [0.05, 0.1) is 25.9 Å². The van der Waals surface area contributed by atoms with Crippen LogP contribution in [0, 0.1) is 5.41 Å². The minimum atomic E-state index is -0.428. The molecule has 0 amide bonds. The van der Waals surface area contributed by atoms with Gasteiger partial charge in [0.15, 0.2) is 0 Å². The Balaban J connectivity index is 2.09. The zero-order valence-corrected chi connectivity index (χ0v) is 11.4. The summed E-state index contributed by atoms with van der Waals surface area (Å²) in [6.07, 6.45) is 3.34. The van der Waals surface area contributed by atoms with Crippen molar-refractivity contribution in [1.82, 2.24) is 5.32 Å². The molecule has 2 unspecified atom stereocenters. The van der Waals surface area contributed by atoms with Gasteiger partial charge in [0.1, 0.15) is 0 Å². The molecule has 102 valence electrons. The number of aliphatic hydroxyl groups is 1. The van der Waals surface area contributed by atoms with E-state index in [-0.39, 0.29) is 0 Å². The van der Waals surface area contributed by atoms with Crippen LogP contribution in [0.1, 0.15) is 33.1 Å². The number of aliphatic hydroxyl groups excluding tert-OH is 1. The molecule has 0 aliphatic heterocycles. The summed E-state index contributed by atoms with van der Waals surface area (Å²) in [5.74, 6) is 0. The van der Waals surface area contributed by atoms with Gasteiger partial charge in [-0.15, -0.1) is 0 Å². The standard InChI is InChI=1S/C13H27NO3/c1-13(2)6-4-5-12(13)14-9-11(15)10-17-8-7-16-3/h11-12,14-15H,4-10H2,1-3H3. The van der Waals surface area contributed by atoms with Gasteiger partial charge in [-0.05, 0) is 18.3 Å². The van der Waals surface area contributed by atoms with E-state index >= 15 is 0 Å². The molecule has 0 spiro atoms. The molecule has 1 rings (SSSR count). The average Bonchev–Trinajstić information content (AvgIpc) is 2.61. The molecule has 2 N–H and O–H groups in total. The van der Waals surface area contributed by atoms with Gasteiger partial charge in [-0.3, -0.25) is 0 Å². The van der Waals surface area contributed by atoms with Crippen LogP contribution in [0.3, 0.4) is 0 Å². The summed E-state index contributed by atoms with van der Waals surface area (Å²) >= 11 is 0. The molecule has 1 saturated carbocycles. The fourth-order valence-corrected chi connectivity index (χ4v) is 2.40. The van der Waals surface area contributed by atoms with E-state index in [0.29, 0.717) is 37.8 Å². The highest BCUT2D eigenvalue weighted by molar-refractivity contribution is 4.90. The topological polar surface area (TPSA) is 50.7 Å². The van der Waals surface area contributed by atoms with Crippen LogP contribution in [0.25, 0.3) is 0 Å². The third-order valence-electron chi connectivity index (χ3n) is 3.60. The Morgan fingerprint density at radius 3 is 2.76 bits per heavy atom. The van der Waals surface area contributed by atoms with E-state index in [2.05, 4.69) is 19.2 Å². The molecule has 2 atom stereocenters. The van der Waals surface area contributed by atoms with Crippen molar-refractivity contribution in [1.29, 1.82) is 0 Å². The summed E-state index contributed by atoms with van der Waals surface area (Å²) in [7, 11) is 1.64. The Morgan fingerprint density at radius 2 is 2.18 bits per heavy atom. The molecular weight excluding hydrogens is 218 g/mol. The molecule has 1 fully saturated rings. The molecule has 0 bridgehead atoms. The first-order chi connectivity index (χ1) is 8.06. The van der Waals surface area contributed by atoms with Crippen LogP contribution in [-0.2, 0) is 9.47 Å². The molecule has 0 aromatic heterocycles. The lowest BCUT2D eigenvalue weighted by Gasteiger charge is -2.28. The number of methoxy groups -OCH3 is 1. The summed E-state index contributed by atoms with van der Waals surface area (Å²) in [4.78, 5) is 0. The summed E-state index contributed by atoms with van der Waals surface area (Å²) in [5.41, 5.74) is 0.358. The van der Waals surface area contributed by atoms with E-state index < -0.39 is 6.10 Å². The van der Waals surface area contributed by atoms with Crippen LogP contribution < -0.4 is 5.32 Å². The highest BCUT2D eigenvalue weighted by atomic mass is 16.5. The zero-order valence-electron chi connectivity index (χ0n) is 11.4. The predicted octanol–water partition coefficient (Wildman–Crippen LogP) is 1.18. The molecule has 0 aromatic carbocycles. The van der Waals surface area contributed by atoms with Gasteiger partial charge in [-0.25, -0.2) is 0 Å². The third-order valence-corrected chi connectivity index (χ3v) is 3.60. The predicted molar refractivity (Wildman–Crippen MR) is 68.1 cm³/mol. The molecule has 0 radical (unpaired) electrons. The summed E-state index contributed by atoms with van der Waals surface area (Å²) in [6.45, 7) is 6.70. The summed E-state index contributed by atoms with van der Waals surface area (Å²) < 4.78 is 10.2. The van der Waals surface area contributed by atoms with Gasteiger partial charge < -0.3 is 19.9 Å². The first-order valence-electron chi connectivity index (χ1n) is 6.54. The van der Waals surface area contributed by atoms with Crippen molar-refractivity contribution in [2.75, 3.05) is 33.5 Å². The van der Waals surface area contributed by atoms with Gasteiger partial charge in [0, 0.05) is 19.7 Å². The first kappa shape index (κ1) is 14.9. The van der Waals surface area contributed by atoms with Crippen molar-refractivity contribution < 1.29 is 14.6 Å². The average molecular weight is 245 g/mol. The van der Waals surface area contributed by atoms with Crippen molar-refractivity contribution in [3.05, 3.63) is 0 Å². The second kappa shape index (κ2) is 7.31. The smallest absolute Gasteiger partial charge is 0.0897 e. The van der Waals surface area contributed by atoms with Gasteiger partial charge in [-0.2, -0.15) is 0 Å². The van der Waals surface area contributed by atoms with Crippen molar-refractivity contribution >= 4 is 0 Å². The van der Waals surface area contributed by atoms with E-state index in [1.807, 2.05) is 0 Å². The second-order valence-electron chi connectivity index (χ2n) is 5.56. The molecule has 1 aliphatic carbocycles. The minimum absolute atomic E-state index is 0.358. The van der Waals surface area contributed by atoms with Crippen LogP contribution in [0.2, 0.25) is 0 Å². The quantitative estimate of drug-likeness (QED) is 0.631. The van der Waals surface area contributed by atoms with Gasteiger partial charge in [0.2, 0.25) is 0 Å². The Labute approximate surface area is 105 Å². The Hall–Kier alpha value is -0.160. The second-order valence-corrected chi connectivity index (χ2v) is 5.56. The number of nitrogens with one attached hydrogen (secondary N) is 1. The van der Waals surface area contributed by atoms with E-state index in [9.17, 15) is 5.11 Å². The number of rotatable bonds is 8. The number of ether oxygens (including phenoxy) is 2. The lowest BCUT2D eigenvalue weighted by atomic mass is 9.87. The molecule has 0 aromatic rings. The molecule has 4 heteroatoms. The number of hydrogen-bond donors (Lipinski definition) is 2. The van der Waals surface area contributed by atoms with Crippen molar-refractivity contribution in [2.45, 2.75) is 45.3 Å². The Bertz CT molecular complexity index is 209. The van der Waals surface area contributed by atoms with E-state index in [4.69, 9.17) is 9.47 Å². The Kier molecular flexibility index (Phi) is 6.41. The summed E-state index contributed by atoms with van der Waals surface area (Å²) in [6, 6.07) is 0.524. The maximum atomic E-state index is 9.75. The zero-order chi connectivity index (χ0) is 12.7. The van der Waals surface area contributed by atoms with Crippen LogP contribution >= 0.6 is 0 Å². The lowest BCUT2D eigenvalue weighted by Crippen LogP contribution is -2.42. The largest absolute Gasteiger partial charge is 0.389 e.